The highest BCUT2D eigenvalue weighted by Gasteiger charge is 2.21. The first-order valence-corrected chi connectivity index (χ1v) is 8.36. The third kappa shape index (κ3) is 5.85. The number of anilines is 1. The second-order valence-corrected chi connectivity index (χ2v) is 6.33. The topological polar surface area (TPSA) is 24.5 Å². The Bertz CT molecular complexity index is 435. The molecule has 0 heterocycles. The van der Waals surface area contributed by atoms with Crippen molar-refractivity contribution >= 4 is 17.3 Å². The molecule has 0 saturated heterocycles. The summed E-state index contributed by atoms with van der Waals surface area (Å²) in [5, 5.41) is 4.24. The number of likely N-dealkylation sites (N-methyl/N-ethyl adjacent to an activating group) is 1. The van der Waals surface area contributed by atoms with Crippen molar-refractivity contribution in [1.82, 2.24) is 5.32 Å². The van der Waals surface area contributed by atoms with Gasteiger partial charge in [0.05, 0.1) is 6.61 Å². The van der Waals surface area contributed by atoms with Crippen LogP contribution in [0.4, 0.5) is 5.69 Å². The van der Waals surface area contributed by atoms with E-state index in [2.05, 4.69) is 36.3 Å². The van der Waals surface area contributed by atoms with Gasteiger partial charge in [0.2, 0.25) is 0 Å². The highest BCUT2D eigenvalue weighted by Crippen LogP contribution is 2.28. The maximum atomic E-state index is 6.13. The number of benzene rings is 1. The summed E-state index contributed by atoms with van der Waals surface area (Å²) in [5.74, 6) is 0.833. The van der Waals surface area contributed by atoms with E-state index in [1.165, 1.54) is 24.1 Å². The lowest BCUT2D eigenvalue weighted by Crippen LogP contribution is -2.25. The first-order chi connectivity index (χ1) is 10.2. The molecule has 0 spiro atoms. The van der Waals surface area contributed by atoms with E-state index in [1.807, 2.05) is 6.07 Å². The first kappa shape index (κ1) is 16.6. The second kappa shape index (κ2) is 8.62. The lowest BCUT2D eigenvalue weighted by molar-refractivity contribution is 0.131. The van der Waals surface area contributed by atoms with E-state index in [9.17, 15) is 0 Å². The Morgan fingerprint density at radius 1 is 1.38 bits per heavy atom. The zero-order chi connectivity index (χ0) is 15.1. The van der Waals surface area contributed by atoms with Gasteiger partial charge in [-0.15, -0.1) is 0 Å². The molecule has 118 valence electrons. The number of hydrogen-bond donors (Lipinski definition) is 1. The number of rotatable bonds is 10. The van der Waals surface area contributed by atoms with Crippen LogP contribution in [0.25, 0.3) is 0 Å². The van der Waals surface area contributed by atoms with Gasteiger partial charge in [0, 0.05) is 37.5 Å². The van der Waals surface area contributed by atoms with Crippen molar-refractivity contribution in [3.63, 3.8) is 0 Å². The summed E-state index contributed by atoms with van der Waals surface area (Å²) < 4.78 is 5.73. The molecule has 2 rings (SSSR count). The molecule has 1 aliphatic rings. The number of hydrogen-bond acceptors (Lipinski definition) is 3. The lowest BCUT2D eigenvalue weighted by Gasteiger charge is -2.23. The molecule has 0 atom stereocenters. The molecule has 0 bridgehead atoms. The van der Waals surface area contributed by atoms with E-state index in [-0.39, 0.29) is 0 Å². The Morgan fingerprint density at radius 2 is 2.19 bits per heavy atom. The van der Waals surface area contributed by atoms with Crippen LogP contribution in [0.2, 0.25) is 5.02 Å². The summed E-state index contributed by atoms with van der Waals surface area (Å²) >= 11 is 6.13. The van der Waals surface area contributed by atoms with Crippen molar-refractivity contribution in [2.45, 2.75) is 32.7 Å². The molecule has 0 radical (unpaired) electrons. The van der Waals surface area contributed by atoms with Gasteiger partial charge in [-0.2, -0.15) is 0 Å². The van der Waals surface area contributed by atoms with Gasteiger partial charge in [0.1, 0.15) is 0 Å². The number of ether oxygens (including phenoxy) is 1. The van der Waals surface area contributed by atoms with Gasteiger partial charge in [0.25, 0.3) is 0 Å². The van der Waals surface area contributed by atoms with E-state index in [1.54, 1.807) is 0 Å². The fraction of sp³-hybridized carbons (Fsp3) is 0.647. The largest absolute Gasteiger partial charge is 0.379 e. The Hall–Kier alpha value is -0.770. The molecule has 1 aliphatic carbocycles. The minimum Gasteiger partial charge on any atom is -0.379 e. The molecule has 1 aromatic rings. The predicted molar refractivity (Wildman–Crippen MR) is 90.3 cm³/mol. The molecule has 1 N–H and O–H groups in total. The Balaban J connectivity index is 1.85. The second-order valence-electron chi connectivity index (χ2n) is 5.89. The molecule has 1 aromatic carbocycles. The van der Waals surface area contributed by atoms with Crippen LogP contribution in [0, 0.1) is 5.92 Å². The van der Waals surface area contributed by atoms with Crippen molar-refractivity contribution in [1.29, 1.82) is 0 Å². The van der Waals surface area contributed by atoms with E-state index in [0.29, 0.717) is 0 Å². The summed E-state index contributed by atoms with van der Waals surface area (Å²) in [6.45, 7) is 6.69. The van der Waals surface area contributed by atoms with Gasteiger partial charge in [-0.05, 0) is 55.5 Å². The molecule has 0 aliphatic heterocycles. The Morgan fingerprint density at radius 3 is 2.90 bits per heavy atom. The number of halogens is 1. The van der Waals surface area contributed by atoms with Crippen LogP contribution in [-0.2, 0) is 11.3 Å². The van der Waals surface area contributed by atoms with E-state index >= 15 is 0 Å². The van der Waals surface area contributed by atoms with Crippen molar-refractivity contribution < 1.29 is 4.74 Å². The van der Waals surface area contributed by atoms with Crippen molar-refractivity contribution in [3.05, 3.63) is 28.8 Å². The Labute approximate surface area is 133 Å². The summed E-state index contributed by atoms with van der Waals surface area (Å²) in [4.78, 5) is 2.26. The van der Waals surface area contributed by atoms with Gasteiger partial charge >= 0.3 is 0 Å². The quantitative estimate of drug-likeness (QED) is 0.667. The maximum Gasteiger partial charge on any atom is 0.0641 e. The van der Waals surface area contributed by atoms with Crippen molar-refractivity contribution in [3.8, 4) is 0 Å². The maximum absolute atomic E-state index is 6.13. The van der Waals surface area contributed by atoms with Crippen LogP contribution in [-0.4, -0.2) is 33.4 Å². The molecule has 0 amide bonds. The third-order valence-corrected chi connectivity index (χ3v) is 4.05. The summed E-state index contributed by atoms with van der Waals surface area (Å²) in [6, 6.07) is 6.12. The summed E-state index contributed by atoms with van der Waals surface area (Å²) in [5.41, 5.74) is 2.48. The molecule has 0 unspecified atom stereocenters. The molecule has 3 nitrogen and oxygen atoms in total. The molecular formula is C17H27ClN2O. The van der Waals surface area contributed by atoms with Gasteiger partial charge in [-0.3, -0.25) is 0 Å². The smallest absolute Gasteiger partial charge is 0.0641 e. The average Bonchev–Trinajstić information content (AvgIpc) is 3.28. The highest BCUT2D eigenvalue weighted by atomic mass is 35.5. The molecule has 1 fully saturated rings. The van der Waals surface area contributed by atoms with Gasteiger partial charge in [0.15, 0.2) is 0 Å². The average molecular weight is 311 g/mol. The van der Waals surface area contributed by atoms with E-state index in [4.69, 9.17) is 16.3 Å². The minimum atomic E-state index is 0.789. The van der Waals surface area contributed by atoms with Crippen LogP contribution >= 0.6 is 11.6 Å². The lowest BCUT2D eigenvalue weighted by atomic mass is 10.1. The third-order valence-electron chi connectivity index (χ3n) is 3.82. The monoisotopic (exact) mass is 310 g/mol. The molecule has 0 aromatic heterocycles. The SMILES string of the molecule is CCCNCc1cc(Cl)ccc1N(C)CCOCC1CC1. The molecule has 4 heteroatoms. The normalized spacial score (nSPS) is 14.4. The van der Waals surface area contributed by atoms with Crippen LogP contribution in [0.5, 0.6) is 0 Å². The number of nitrogens with zero attached hydrogens (tertiary/aromatic N) is 1. The Kier molecular flexibility index (Phi) is 6.81. The molecular weight excluding hydrogens is 284 g/mol. The highest BCUT2D eigenvalue weighted by molar-refractivity contribution is 6.30. The van der Waals surface area contributed by atoms with Gasteiger partial charge in [-0.25, -0.2) is 0 Å². The first-order valence-electron chi connectivity index (χ1n) is 7.98. The zero-order valence-electron chi connectivity index (χ0n) is 13.2. The number of nitrogens with one attached hydrogen (secondary N) is 1. The van der Waals surface area contributed by atoms with Crippen LogP contribution in [0.1, 0.15) is 31.7 Å². The fourth-order valence-electron chi connectivity index (χ4n) is 2.32. The van der Waals surface area contributed by atoms with Crippen LogP contribution < -0.4 is 10.2 Å². The van der Waals surface area contributed by atoms with Gasteiger partial charge in [-0.1, -0.05) is 18.5 Å². The zero-order valence-corrected chi connectivity index (χ0v) is 14.0. The van der Waals surface area contributed by atoms with Crippen LogP contribution in [0.3, 0.4) is 0 Å². The van der Waals surface area contributed by atoms with E-state index in [0.717, 1.165) is 50.2 Å². The van der Waals surface area contributed by atoms with E-state index < -0.39 is 0 Å². The van der Waals surface area contributed by atoms with Crippen molar-refractivity contribution in [2.24, 2.45) is 5.92 Å². The van der Waals surface area contributed by atoms with Crippen molar-refractivity contribution in [2.75, 3.05) is 38.3 Å². The van der Waals surface area contributed by atoms with Gasteiger partial charge < -0.3 is 15.0 Å². The molecule has 21 heavy (non-hydrogen) atoms. The summed E-state index contributed by atoms with van der Waals surface area (Å²) in [7, 11) is 2.12. The summed E-state index contributed by atoms with van der Waals surface area (Å²) in [6.07, 6.45) is 3.83. The minimum absolute atomic E-state index is 0.789. The standard InChI is InChI=1S/C17H27ClN2O/c1-3-8-19-12-15-11-16(18)6-7-17(15)20(2)9-10-21-13-14-4-5-14/h6-7,11,14,19H,3-5,8-10,12-13H2,1-2H3. The van der Waals surface area contributed by atoms with Crippen LogP contribution in [0.15, 0.2) is 18.2 Å². The molecule has 1 saturated carbocycles. The fourth-order valence-corrected chi connectivity index (χ4v) is 2.52. The predicted octanol–water partition coefficient (Wildman–Crippen LogP) is 3.70.